The number of aliphatic hydroxyl groups excluding tert-OH is 1. The van der Waals surface area contributed by atoms with Gasteiger partial charge in [0.1, 0.15) is 11.3 Å². The fourth-order valence-electron chi connectivity index (χ4n) is 2.02. The van der Waals surface area contributed by atoms with Crippen LogP contribution in [0.5, 0.6) is 0 Å². The number of pyridine rings is 1. The molecule has 0 aliphatic heterocycles. The van der Waals surface area contributed by atoms with Gasteiger partial charge in [-0.2, -0.15) is 0 Å². The molecule has 108 valence electrons. The van der Waals surface area contributed by atoms with Crippen LogP contribution in [0, 0.1) is 12.8 Å². The summed E-state index contributed by atoms with van der Waals surface area (Å²) in [4.78, 5) is 16.4. The summed E-state index contributed by atoms with van der Waals surface area (Å²) in [6.07, 6.45) is 3.79. The lowest BCUT2D eigenvalue weighted by Gasteiger charge is -2.17. The zero-order valence-electron chi connectivity index (χ0n) is 12.1. The molecular weight excluding hydrogens is 254 g/mol. The van der Waals surface area contributed by atoms with Crippen molar-refractivity contribution in [1.29, 1.82) is 0 Å². The minimum atomic E-state index is -0.523. The van der Waals surface area contributed by atoms with Crippen LogP contribution in [-0.4, -0.2) is 33.0 Å². The Bertz CT molecular complexity index is 606. The van der Waals surface area contributed by atoms with Gasteiger partial charge in [0, 0.05) is 12.7 Å². The van der Waals surface area contributed by atoms with Crippen LogP contribution >= 0.6 is 0 Å². The van der Waals surface area contributed by atoms with Crippen molar-refractivity contribution >= 4 is 11.6 Å². The molecule has 0 radical (unpaired) electrons. The maximum Gasteiger partial charge on any atom is 0.270 e. The third-order valence-electron chi connectivity index (χ3n) is 3.66. The van der Waals surface area contributed by atoms with Crippen molar-refractivity contribution in [3.8, 4) is 0 Å². The Morgan fingerprint density at radius 2 is 2.25 bits per heavy atom. The Labute approximate surface area is 118 Å². The molecule has 0 spiro atoms. The van der Waals surface area contributed by atoms with Gasteiger partial charge in [-0.25, -0.2) is 4.98 Å². The number of aliphatic hydroxyl groups is 1. The molecule has 2 rings (SSSR count). The second-order valence-corrected chi connectivity index (χ2v) is 5.24. The summed E-state index contributed by atoms with van der Waals surface area (Å²) in [6, 6.07) is 3.83. The van der Waals surface area contributed by atoms with E-state index in [0.29, 0.717) is 5.69 Å². The van der Waals surface area contributed by atoms with E-state index in [4.69, 9.17) is 0 Å². The summed E-state index contributed by atoms with van der Waals surface area (Å²) < 4.78 is 1.76. The molecule has 0 aliphatic rings. The highest BCUT2D eigenvalue weighted by Crippen LogP contribution is 2.10. The molecule has 2 atom stereocenters. The Hall–Kier alpha value is -1.88. The Balaban J connectivity index is 2.10. The van der Waals surface area contributed by atoms with E-state index in [9.17, 15) is 9.90 Å². The van der Waals surface area contributed by atoms with Crippen molar-refractivity contribution in [3.63, 3.8) is 0 Å². The standard InChI is InChI=1S/C15H21N3O2/c1-4-11(3)13(19)8-17-15(20)12-7-16-14-6-5-10(2)9-18(12)14/h5-7,9,11,13,19H,4,8H2,1-3H3,(H,17,20). The third-order valence-corrected chi connectivity index (χ3v) is 3.66. The largest absolute Gasteiger partial charge is 0.391 e. The summed E-state index contributed by atoms with van der Waals surface area (Å²) in [5.74, 6) is -0.0508. The number of fused-ring (bicyclic) bond motifs is 1. The predicted octanol–water partition coefficient (Wildman–Crippen LogP) is 1.78. The lowest BCUT2D eigenvalue weighted by Crippen LogP contribution is -2.35. The van der Waals surface area contributed by atoms with Crippen LogP contribution in [-0.2, 0) is 0 Å². The average molecular weight is 275 g/mol. The first kappa shape index (κ1) is 14.5. The van der Waals surface area contributed by atoms with Gasteiger partial charge < -0.3 is 10.4 Å². The molecule has 2 unspecified atom stereocenters. The van der Waals surface area contributed by atoms with Crippen LogP contribution in [0.15, 0.2) is 24.5 Å². The van der Waals surface area contributed by atoms with E-state index in [0.717, 1.165) is 17.6 Å². The monoisotopic (exact) mass is 275 g/mol. The van der Waals surface area contributed by atoms with Gasteiger partial charge in [-0.05, 0) is 24.5 Å². The highest BCUT2D eigenvalue weighted by atomic mass is 16.3. The summed E-state index contributed by atoms with van der Waals surface area (Å²) in [5, 5.41) is 12.6. The molecule has 0 fully saturated rings. The molecule has 5 heteroatoms. The quantitative estimate of drug-likeness (QED) is 0.874. The number of nitrogens with one attached hydrogen (secondary N) is 1. The van der Waals surface area contributed by atoms with Gasteiger partial charge in [-0.1, -0.05) is 26.3 Å². The van der Waals surface area contributed by atoms with Gasteiger partial charge in [-0.15, -0.1) is 0 Å². The molecule has 2 N–H and O–H groups in total. The number of rotatable bonds is 5. The number of aromatic nitrogens is 2. The lowest BCUT2D eigenvalue weighted by molar-refractivity contribution is 0.0845. The van der Waals surface area contributed by atoms with E-state index in [-0.39, 0.29) is 18.4 Å². The summed E-state index contributed by atoms with van der Waals surface area (Å²) in [5.41, 5.74) is 2.28. The number of carbonyl (C=O) groups is 1. The highest BCUT2D eigenvalue weighted by molar-refractivity contribution is 5.93. The summed E-state index contributed by atoms with van der Waals surface area (Å²) in [6.45, 7) is 6.21. The second-order valence-electron chi connectivity index (χ2n) is 5.24. The van der Waals surface area contributed by atoms with Crippen LogP contribution in [0.3, 0.4) is 0 Å². The molecule has 0 saturated carbocycles. The van der Waals surface area contributed by atoms with Crippen molar-refractivity contribution in [2.24, 2.45) is 5.92 Å². The smallest absolute Gasteiger partial charge is 0.270 e. The molecule has 20 heavy (non-hydrogen) atoms. The van der Waals surface area contributed by atoms with Crippen molar-refractivity contribution in [2.45, 2.75) is 33.3 Å². The SMILES string of the molecule is CCC(C)C(O)CNC(=O)c1cnc2ccc(C)cn12. The molecule has 0 aliphatic carbocycles. The van der Waals surface area contributed by atoms with Crippen LogP contribution in [0.25, 0.3) is 5.65 Å². The van der Waals surface area contributed by atoms with E-state index in [2.05, 4.69) is 10.3 Å². The van der Waals surface area contributed by atoms with Gasteiger partial charge >= 0.3 is 0 Å². The molecule has 5 nitrogen and oxygen atoms in total. The molecule has 0 saturated heterocycles. The van der Waals surface area contributed by atoms with Crippen molar-refractivity contribution in [1.82, 2.24) is 14.7 Å². The van der Waals surface area contributed by atoms with E-state index in [1.54, 1.807) is 10.6 Å². The Morgan fingerprint density at radius 3 is 2.95 bits per heavy atom. The zero-order valence-corrected chi connectivity index (χ0v) is 12.1. The minimum Gasteiger partial charge on any atom is -0.391 e. The normalized spacial score (nSPS) is 14.2. The molecule has 0 aromatic carbocycles. The Kier molecular flexibility index (Phi) is 4.39. The zero-order chi connectivity index (χ0) is 14.7. The number of imidazole rings is 1. The van der Waals surface area contributed by atoms with Gasteiger partial charge in [0.05, 0.1) is 12.3 Å². The van der Waals surface area contributed by atoms with Crippen molar-refractivity contribution in [2.75, 3.05) is 6.54 Å². The third kappa shape index (κ3) is 2.99. The predicted molar refractivity (Wildman–Crippen MR) is 77.7 cm³/mol. The number of hydrogen-bond acceptors (Lipinski definition) is 3. The van der Waals surface area contributed by atoms with E-state index in [1.807, 2.05) is 39.1 Å². The number of carbonyl (C=O) groups excluding carboxylic acids is 1. The minimum absolute atomic E-state index is 0.166. The number of aryl methyl sites for hydroxylation is 1. The molecule has 2 heterocycles. The second kappa shape index (κ2) is 6.05. The topological polar surface area (TPSA) is 66.6 Å². The maximum atomic E-state index is 12.2. The van der Waals surface area contributed by atoms with Gasteiger partial charge in [-0.3, -0.25) is 9.20 Å². The van der Waals surface area contributed by atoms with Gasteiger partial charge in [0.25, 0.3) is 5.91 Å². The highest BCUT2D eigenvalue weighted by Gasteiger charge is 2.16. The first-order chi connectivity index (χ1) is 9.52. The number of nitrogens with zero attached hydrogens (tertiary/aromatic N) is 2. The fourth-order valence-corrected chi connectivity index (χ4v) is 2.02. The summed E-state index contributed by atoms with van der Waals surface area (Å²) >= 11 is 0. The molecule has 2 aromatic rings. The van der Waals surface area contributed by atoms with Crippen LogP contribution in [0.4, 0.5) is 0 Å². The molecular formula is C15H21N3O2. The maximum absolute atomic E-state index is 12.2. The van der Waals surface area contributed by atoms with E-state index < -0.39 is 6.10 Å². The van der Waals surface area contributed by atoms with Crippen LogP contribution in [0.2, 0.25) is 0 Å². The Morgan fingerprint density at radius 1 is 1.50 bits per heavy atom. The van der Waals surface area contributed by atoms with Crippen molar-refractivity contribution in [3.05, 3.63) is 35.8 Å². The van der Waals surface area contributed by atoms with Gasteiger partial charge in [0.2, 0.25) is 0 Å². The van der Waals surface area contributed by atoms with Crippen LogP contribution in [0.1, 0.15) is 36.3 Å². The first-order valence-electron chi connectivity index (χ1n) is 6.93. The molecule has 1 amide bonds. The number of hydrogen-bond donors (Lipinski definition) is 2. The lowest BCUT2D eigenvalue weighted by atomic mass is 10.0. The first-order valence-corrected chi connectivity index (χ1v) is 6.93. The number of amides is 1. The van der Waals surface area contributed by atoms with Crippen molar-refractivity contribution < 1.29 is 9.90 Å². The van der Waals surface area contributed by atoms with E-state index in [1.165, 1.54) is 0 Å². The molecule has 2 aromatic heterocycles. The van der Waals surface area contributed by atoms with Gasteiger partial charge in [0.15, 0.2) is 0 Å². The summed E-state index contributed by atoms with van der Waals surface area (Å²) in [7, 11) is 0. The molecule has 0 bridgehead atoms. The van der Waals surface area contributed by atoms with Crippen LogP contribution < -0.4 is 5.32 Å². The average Bonchev–Trinajstić information content (AvgIpc) is 2.86. The van der Waals surface area contributed by atoms with E-state index >= 15 is 0 Å². The fraction of sp³-hybridized carbons (Fsp3) is 0.467.